The van der Waals surface area contributed by atoms with Gasteiger partial charge in [0.05, 0.1) is 0 Å². The summed E-state index contributed by atoms with van der Waals surface area (Å²) in [5.41, 5.74) is 1.02. The second-order valence-electron chi connectivity index (χ2n) is 7.55. The molecule has 2 aliphatic heterocycles. The number of benzene rings is 1. The third-order valence-corrected chi connectivity index (χ3v) is 5.70. The highest BCUT2D eigenvalue weighted by Crippen LogP contribution is 2.41. The van der Waals surface area contributed by atoms with E-state index >= 15 is 0 Å². The number of piperidine rings is 1. The molecule has 1 aromatic heterocycles. The second-order valence-corrected chi connectivity index (χ2v) is 7.55. The van der Waals surface area contributed by atoms with Gasteiger partial charge in [0.15, 0.2) is 11.6 Å². The van der Waals surface area contributed by atoms with Gasteiger partial charge in [0.1, 0.15) is 5.69 Å². The highest BCUT2D eigenvalue weighted by Gasteiger charge is 2.45. The molecule has 0 saturated carbocycles. The van der Waals surface area contributed by atoms with Crippen LogP contribution in [0.5, 0.6) is 0 Å². The van der Waals surface area contributed by atoms with Gasteiger partial charge in [0.2, 0.25) is 5.91 Å². The fourth-order valence-corrected chi connectivity index (χ4v) is 4.14. The zero-order chi connectivity index (χ0) is 19.0. The first-order valence-electron chi connectivity index (χ1n) is 9.10. The molecule has 2 amide bonds. The second kappa shape index (κ2) is 6.79. The Kier molecular flexibility index (Phi) is 4.45. The minimum Gasteiger partial charge on any atom is -0.357 e. The van der Waals surface area contributed by atoms with Crippen LogP contribution in [0.25, 0.3) is 0 Å². The zero-order valence-corrected chi connectivity index (χ0v) is 14.9. The quantitative estimate of drug-likeness (QED) is 0.899. The number of nitrogens with one attached hydrogen (secondary N) is 1. The highest BCUT2D eigenvalue weighted by molar-refractivity contribution is 5.92. The van der Waals surface area contributed by atoms with E-state index in [4.69, 9.17) is 0 Å². The summed E-state index contributed by atoms with van der Waals surface area (Å²) in [6, 6.07) is 7.30. The third kappa shape index (κ3) is 3.46. The number of carbonyl (C=O) groups is 2. The lowest BCUT2D eigenvalue weighted by atomic mass is 9.77. The van der Waals surface area contributed by atoms with Gasteiger partial charge in [-0.15, -0.1) is 0 Å². The molecule has 4 rings (SSSR count). The van der Waals surface area contributed by atoms with E-state index in [0.29, 0.717) is 37.3 Å². The van der Waals surface area contributed by atoms with Gasteiger partial charge < -0.3 is 14.8 Å². The molecule has 27 heavy (non-hydrogen) atoms. The van der Waals surface area contributed by atoms with E-state index in [0.717, 1.165) is 25.0 Å². The Balaban J connectivity index is 1.39. The van der Waals surface area contributed by atoms with E-state index in [1.807, 2.05) is 4.90 Å². The van der Waals surface area contributed by atoms with Crippen molar-refractivity contribution in [2.24, 2.45) is 5.41 Å². The van der Waals surface area contributed by atoms with Crippen molar-refractivity contribution in [3.8, 4) is 0 Å². The first kappa shape index (κ1) is 17.7. The molecule has 2 fully saturated rings. The van der Waals surface area contributed by atoms with Crippen LogP contribution in [-0.4, -0.2) is 46.2 Å². The molecule has 3 heterocycles. The summed E-state index contributed by atoms with van der Waals surface area (Å²) in [6.07, 6.45) is 3.70. The molecule has 2 aromatic rings. The van der Waals surface area contributed by atoms with Crippen LogP contribution in [0.2, 0.25) is 0 Å². The van der Waals surface area contributed by atoms with E-state index in [1.165, 1.54) is 6.07 Å². The van der Waals surface area contributed by atoms with Crippen LogP contribution in [0.1, 0.15) is 35.3 Å². The normalized spacial score (nSPS) is 19.1. The molecule has 7 heteroatoms. The van der Waals surface area contributed by atoms with Crippen molar-refractivity contribution < 1.29 is 18.4 Å². The van der Waals surface area contributed by atoms with Gasteiger partial charge in [-0.1, -0.05) is 6.07 Å². The van der Waals surface area contributed by atoms with E-state index < -0.39 is 11.6 Å². The molecule has 0 unspecified atom stereocenters. The molecule has 142 valence electrons. The van der Waals surface area contributed by atoms with E-state index in [-0.39, 0.29) is 23.8 Å². The summed E-state index contributed by atoms with van der Waals surface area (Å²) in [4.78, 5) is 31.4. The predicted molar refractivity (Wildman–Crippen MR) is 94.8 cm³/mol. The molecule has 1 spiro atoms. The summed E-state index contributed by atoms with van der Waals surface area (Å²) < 4.78 is 26.5. The summed E-state index contributed by atoms with van der Waals surface area (Å²) >= 11 is 0. The maximum atomic E-state index is 13.4. The smallest absolute Gasteiger partial charge is 0.270 e. The predicted octanol–water partition coefficient (Wildman–Crippen LogP) is 2.95. The monoisotopic (exact) mass is 373 g/mol. The molecular weight excluding hydrogens is 352 g/mol. The zero-order valence-electron chi connectivity index (χ0n) is 14.9. The SMILES string of the molecule is O=C1CC2(CCN(C(=O)c3ccc[nH]3)CC2)CN1Cc1ccc(F)c(F)c1. The van der Waals surface area contributed by atoms with Crippen LogP contribution in [0.4, 0.5) is 8.78 Å². The number of H-pyrrole nitrogens is 1. The Morgan fingerprint density at radius 3 is 2.59 bits per heavy atom. The van der Waals surface area contributed by atoms with Gasteiger partial charge in [-0.25, -0.2) is 8.78 Å². The topological polar surface area (TPSA) is 56.4 Å². The summed E-state index contributed by atoms with van der Waals surface area (Å²) in [5, 5.41) is 0. The van der Waals surface area contributed by atoms with Crippen molar-refractivity contribution in [3.63, 3.8) is 0 Å². The average molecular weight is 373 g/mol. The summed E-state index contributed by atoms with van der Waals surface area (Å²) in [5.74, 6) is -1.77. The van der Waals surface area contributed by atoms with Gasteiger partial charge in [-0.2, -0.15) is 0 Å². The molecule has 0 aliphatic carbocycles. The highest BCUT2D eigenvalue weighted by atomic mass is 19.2. The van der Waals surface area contributed by atoms with Crippen molar-refractivity contribution in [2.75, 3.05) is 19.6 Å². The van der Waals surface area contributed by atoms with E-state index in [1.54, 1.807) is 23.2 Å². The molecule has 0 radical (unpaired) electrons. The number of rotatable bonds is 3. The summed E-state index contributed by atoms with van der Waals surface area (Å²) in [6.45, 7) is 2.10. The molecule has 5 nitrogen and oxygen atoms in total. The number of amides is 2. The number of halogens is 2. The molecule has 2 aliphatic rings. The Bertz CT molecular complexity index is 858. The minimum absolute atomic E-state index is 0.0159. The van der Waals surface area contributed by atoms with E-state index in [9.17, 15) is 18.4 Å². The van der Waals surface area contributed by atoms with Crippen molar-refractivity contribution in [1.82, 2.24) is 14.8 Å². The molecular formula is C20H21F2N3O2. The maximum Gasteiger partial charge on any atom is 0.270 e. The van der Waals surface area contributed by atoms with Crippen LogP contribution in [-0.2, 0) is 11.3 Å². The van der Waals surface area contributed by atoms with Gasteiger partial charge in [0, 0.05) is 44.2 Å². The first-order chi connectivity index (χ1) is 13.0. The van der Waals surface area contributed by atoms with Crippen LogP contribution in [0.15, 0.2) is 36.5 Å². The summed E-state index contributed by atoms with van der Waals surface area (Å²) in [7, 11) is 0. The maximum absolute atomic E-state index is 13.4. The average Bonchev–Trinajstić information content (AvgIpc) is 3.28. The number of hydrogen-bond donors (Lipinski definition) is 1. The van der Waals surface area contributed by atoms with Crippen LogP contribution < -0.4 is 0 Å². The first-order valence-corrected chi connectivity index (χ1v) is 9.10. The van der Waals surface area contributed by atoms with Crippen molar-refractivity contribution >= 4 is 11.8 Å². The van der Waals surface area contributed by atoms with Gasteiger partial charge in [0.25, 0.3) is 5.91 Å². The van der Waals surface area contributed by atoms with Gasteiger partial charge in [-0.3, -0.25) is 9.59 Å². The van der Waals surface area contributed by atoms with Crippen molar-refractivity contribution in [3.05, 3.63) is 59.4 Å². The van der Waals surface area contributed by atoms with Crippen LogP contribution >= 0.6 is 0 Å². The molecule has 1 aromatic carbocycles. The lowest BCUT2D eigenvalue weighted by Gasteiger charge is -2.38. The number of nitrogens with zero attached hydrogens (tertiary/aromatic N) is 2. The van der Waals surface area contributed by atoms with Crippen molar-refractivity contribution in [2.45, 2.75) is 25.8 Å². The Hall–Kier alpha value is -2.70. The fraction of sp³-hybridized carbons (Fsp3) is 0.400. The number of carbonyl (C=O) groups excluding carboxylic acids is 2. The Morgan fingerprint density at radius 1 is 1.15 bits per heavy atom. The van der Waals surface area contributed by atoms with Crippen molar-refractivity contribution in [1.29, 1.82) is 0 Å². The largest absolute Gasteiger partial charge is 0.357 e. The number of hydrogen-bond acceptors (Lipinski definition) is 2. The standard InChI is InChI=1S/C20H21F2N3O2/c21-15-4-3-14(10-16(15)22)12-25-13-20(11-18(25)26)5-8-24(9-6-20)19(27)17-2-1-7-23-17/h1-4,7,10,23H,5-6,8-9,11-13H2. The van der Waals surface area contributed by atoms with Gasteiger partial charge in [-0.05, 0) is 42.7 Å². The minimum atomic E-state index is -0.898. The Morgan fingerprint density at radius 2 is 1.93 bits per heavy atom. The lowest BCUT2D eigenvalue weighted by molar-refractivity contribution is -0.128. The molecule has 1 N–H and O–H groups in total. The third-order valence-electron chi connectivity index (χ3n) is 5.70. The fourth-order valence-electron chi connectivity index (χ4n) is 4.14. The number of likely N-dealkylation sites (tertiary alicyclic amines) is 2. The molecule has 0 bridgehead atoms. The number of aromatic nitrogens is 1. The van der Waals surface area contributed by atoms with Crippen LogP contribution in [0.3, 0.4) is 0 Å². The van der Waals surface area contributed by atoms with Crippen LogP contribution in [0, 0.1) is 17.0 Å². The lowest BCUT2D eigenvalue weighted by Crippen LogP contribution is -2.44. The van der Waals surface area contributed by atoms with Gasteiger partial charge >= 0.3 is 0 Å². The molecule has 0 atom stereocenters. The Labute approximate surface area is 156 Å². The van der Waals surface area contributed by atoms with E-state index in [2.05, 4.69) is 4.98 Å². The number of aromatic amines is 1. The molecule has 2 saturated heterocycles.